The topological polar surface area (TPSA) is 87.1 Å². The number of carboxylic acid groups (broad SMARTS) is 2. The highest BCUT2D eigenvalue weighted by Gasteiger charge is 2.54. The fourth-order valence-electron chi connectivity index (χ4n) is 4.20. The third-order valence-electron chi connectivity index (χ3n) is 5.41. The average Bonchev–Trinajstić information content (AvgIpc) is 2.75. The van der Waals surface area contributed by atoms with E-state index < -0.39 is 17.5 Å². The highest BCUT2D eigenvalue weighted by molar-refractivity contribution is 9.10. The normalized spacial score (nSPS) is 28.8. The first kappa shape index (κ1) is 19.2. The lowest BCUT2D eigenvalue weighted by atomic mass is 9.80. The van der Waals surface area contributed by atoms with Gasteiger partial charge in [-0.3, -0.25) is 4.90 Å². The lowest BCUT2D eigenvalue weighted by Crippen LogP contribution is -2.55. The second-order valence-corrected chi connectivity index (χ2v) is 8.05. The largest absolute Gasteiger partial charge is 0.490 e. The number of piperidine rings is 1. The van der Waals surface area contributed by atoms with Crippen LogP contribution in [0.5, 0.6) is 5.75 Å². The minimum Gasteiger partial charge on any atom is -0.490 e. The number of hydrogen-bond donors (Lipinski definition) is 2. The molecule has 0 spiro atoms. The number of halogens is 2. The molecule has 1 aromatic carbocycles. The lowest BCUT2D eigenvalue weighted by molar-refractivity contribution is -0.137. The highest BCUT2D eigenvalue weighted by atomic mass is 79.9. The number of carbonyl (C=O) groups is 2. The third-order valence-corrected chi connectivity index (χ3v) is 6.64. The van der Waals surface area contributed by atoms with E-state index in [1.54, 1.807) is 18.2 Å². The second-order valence-electron chi connectivity index (χ2n) is 6.79. The van der Waals surface area contributed by atoms with Crippen molar-refractivity contribution in [3.05, 3.63) is 39.3 Å². The van der Waals surface area contributed by atoms with Crippen LogP contribution in [0.25, 0.3) is 0 Å². The van der Waals surface area contributed by atoms with Crippen molar-refractivity contribution >= 4 is 39.5 Å². The van der Waals surface area contributed by atoms with Crippen LogP contribution < -0.4 is 4.74 Å². The zero-order chi connectivity index (χ0) is 19.1. The van der Waals surface area contributed by atoms with Gasteiger partial charge in [-0.2, -0.15) is 0 Å². The standard InChI is InChI=1S/C18H19BrClNO5/c1-21-10-4-5-18(21,13(17(24)25)8-16(22)23)9-12(6-10)26-11-2-3-14(19)15(20)7-11/h2-3,7-8,10,12H,4-6,9H2,1H3,(H,22,23)(H,24,25)/b13-8-. The van der Waals surface area contributed by atoms with Crippen molar-refractivity contribution in [2.45, 2.75) is 43.4 Å². The van der Waals surface area contributed by atoms with Gasteiger partial charge >= 0.3 is 11.9 Å². The predicted octanol–water partition coefficient (Wildman–Crippen LogP) is 3.57. The molecule has 2 N–H and O–H groups in total. The Morgan fingerprint density at radius 3 is 2.77 bits per heavy atom. The van der Waals surface area contributed by atoms with Gasteiger partial charge in [-0.1, -0.05) is 11.6 Å². The molecule has 0 aromatic heterocycles. The van der Waals surface area contributed by atoms with Crippen LogP contribution in [0.2, 0.25) is 5.02 Å². The van der Waals surface area contributed by atoms with Crippen molar-refractivity contribution in [3.63, 3.8) is 0 Å². The third kappa shape index (κ3) is 3.48. The molecule has 2 fully saturated rings. The Labute approximate surface area is 164 Å². The fourth-order valence-corrected chi connectivity index (χ4v) is 4.61. The first-order valence-electron chi connectivity index (χ1n) is 8.26. The maximum atomic E-state index is 11.8. The quantitative estimate of drug-likeness (QED) is 0.675. The summed E-state index contributed by atoms with van der Waals surface area (Å²) in [4.78, 5) is 25.0. The Kier molecular flexibility index (Phi) is 5.33. The molecule has 2 aliphatic heterocycles. The van der Waals surface area contributed by atoms with Crippen molar-refractivity contribution in [2.24, 2.45) is 0 Å². The Morgan fingerprint density at radius 1 is 1.42 bits per heavy atom. The van der Waals surface area contributed by atoms with Gasteiger partial charge < -0.3 is 14.9 Å². The molecule has 2 heterocycles. The molecule has 2 aliphatic rings. The Hall–Kier alpha value is -1.57. The SMILES string of the molecule is CN1C2CCC1(/C(=C\C(=O)O)C(=O)O)CC(Oc1ccc(Br)c(Cl)c1)C2. The van der Waals surface area contributed by atoms with E-state index in [0.29, 0.717) is 23.6 Å². The molecule has 3 rings (SSSR count). The van der Waals surface area contributed by atoms with Gasteiger partial charge in [0, 0.05) is 23.0 Å². The van der Waals surface area contributed by atoms with Crippen molar-refractivity contribution in [2.75, 3.05) is 7.05 Å². The van der Waals surface area contributed by atoms with E-state index >= 15 is 0 Å². The smallest absolute Gasteiger partial charge is 0.333 e. The lowest BCUT2D eigenvalue weighted by Gasteiger charge is -2.45. The van der Waals surface area contributed by atoms with E-state index in [-0.39, 0.29) is 17.7 Å². The Morgan fingerprint density at radius 2 is 2.15 bits per heavy atom. The van der Waals surface area contributed by atoms with Crippen LogP contribution in [0, 0.1) is 0 Å². The molecule has 2 bridgehead atoms. The van der Waals surface area contributed by atoms with Gasteiger partial charge in [-0.15, -0.1) is 0 Å². The maximum Gasteiger partial charge on any atom is 0.333 e. The number of fused-ring (bicyclic) bond motifs is 2. The zero-order valence-electron chi connectivity index (χ0n) is 14.1. The van der Waals surface area contributed by atoms with Crippen molar-refractivity contribution in [1.29, 1.82) is 0 Å². The predicted molar refractivity (Wildman–Crippen MR) is 99.7 cm³/mol. The summed E-state index contributed by atoms with van der Waals surface area (Å²) in [5.41, 5.74) is -0.922. The number of rotatable bonds is 5. The number of likely N-dealkylation sites (N-methyl/N-ethyl adjacent to an activating group) is 1. The molecule has 2 saturated heterocycles. The Bertz CT molecular complexity index is 783. The summed E-state index contributed by atoms with van der Waals surface area (Å²) < 4.78 is 6.85. The summed E-state index contributed by atoms with van der Waals surface area (Å²) in [7, 11) is 1.86. The van der Waals surface area contributed by atoms with Gasteiger partial charge in [-0.25, -0.2) is 9.59 Å². The highest BCUT2D eigenvalue weighted by Crippen LogP contribution is 2.48. The van der Waals surface area contributed by atoms with Crippen LogP contribution in [0.4, 0.5) is 0 Å². The molecule has 8 heteroatoms. The molecule has 6 nitrogen and oxygen atoms in total. The molecule has 0 amide bonds. The minimum atomic E-state index is -1.25. The first-order chi connectivity index (χ1) is 12.2. The van der Waals surface area contributed by atoms with Crippen LogP contribution in [0.15, 0.2) is 34.3 Å². The van der Waals surface area contributed by atoms with Crippen molar-refractivity contribution in [3.8, 4) is 5.75 Å². The molecule has 3 unspecified atom stereocenters. The van der Waals surface area contributed by atoms with E-state index in [1.807, 2.05) is 11.9 Å². The van der Waals surface area contributed by atoms with Gasteiger partial charge in [0.1, 0.15) is 11.9 Å². The summed E-state index contributed by atoms with van der Waals surface area (Å²) >= 11 is 9.45. The molecule has 0 aliphatic carbocycles. The average molecular weight is 445 g/mol. The zero-order valence-corrected chi connectivity index (χ0v) is 16.5. The second kappa shape index (κ2) is 7.21. The van der Waals surface area contributed by atoms with Crippen LogP contribution in [-0.2, 0) is 9.59 Å². The number of nitrogens with zero attached hydrogens (tertiary/aromatic N) is 1. The summed E-state index contributed by atoms with van der Waals surface area (Å²) in [5.74, 6) is -1.84. The van der Waals surface area contributed by atoms with Crippen LogP contribution >= 0.6 is 27.5 Å². The van der Waals surface area contributed by atoms with Gasteiger partial charge in [0.25, 0.3) is 0 Å². The van der Waals surface area contributed by atoms with Gasteiger partial charge in [0.05, 0.1) is 16.1 Å². The molecule has 1 aromatic rings. The molecule has 26 heavy (non-hydrogen) atoms. The Balaban J connectivity index is 1.90. The number of hydrogen-bond acceptors (Lipinski definition) is 4. The number of aliphatic carboxylic acids is 2. The van der Waals surface area contributed by atoms with Crippen LogP contribution in [-0.4, -0.2) is 51.8 Å². The van der Waals surface area contributed by atoms with Crippen molar-refractivity contribution in [1.82, 2.24) is 4.90 Å². The maximum absolute atomic E-state index is 11.8. The molecular formula is C18H19BrClNO5. The molecule has 140 valence electrons. The van der Waals surface area contributed by atoms with E-state index in [1.165, 1.54) is 0 Å². The number of benzene rings is 1. The monoisotopic (exact) mass is 443 g/mol. The molecule has 0 radical (unpaired) electrons. The van der Waals surface area contributed by atoms with E-state index in [2.05, 4.69) is 15.9 Å². The van der Waals surface area contributed by atoms with Gasteiger partial charge in [-0.05, 0) is 60.4 Å². The van der Waals surface area contributed by atoms with E-state index in [4.69, 9.17) is 21.4 Å². The number of carboxylic acids is 2. The summed E-state index contributed by atoms with van der Waals surface area (Å²) in [6, 6.07) is 5.46. The summed E-state index contributed by atoms with van der Waals surface area (Å²) in [6.45, 7) is 0. The van der Waals surface area contributed by atoms with Crippen LogP contribution in [0.3, 0.4) is 0 Å². The first-order valence-corrected chi connectivity index (χ1v) is 9.43. The minimum absolute atomic E-state index is 0.0860. The van der Waals surface area contributed by atoms with Crippen LogP contribution in [0.1, 0.15) is 25.7 Å². The van der Waals surface area contributed by atoms with Gasteiger partial charge in [0.15, 0.2) is 0 Å². The van der Waals surface area contributed by atoms with E-state index in [0.717, 1.165) is 23.4 Å². The fraction of sp³-hybridized carbons (Fsp3) is 0.444. The number of ether oxygens (including phenoxy) is 1. The molecule has 3 atom stereocenters. The summed E-state index contributed by atoms with van der Waals surface area (Å²) in [5, 5.41) is 19.3. The molecular weight excluding hydrogens is 426 g/mol. The van der Waals surface area contributed by atoms with Gasteiger partial charge in [0.2, 0.25) is 0 Å². The van der Waals surface area contributed by atoms with Crippen molar-refractivity contribution < 1.29 is 24.5 Å². The van der Waals surface area contributed by atoms with E-state index in [9.17, 15) is 14.7 Å². The summed E-state index contributed by atoms with van der Waals surface area (Å²) in [6.07, 6.45) is 3.18. The molecule has 0 saturated carbocycles.